The first-order chi connectivity index (χ1) is 64.0. The number of aromatic nitrogens is 21. The first kappa shape index (κ1) is 101. The van der Waals surface area contributed by atoms with Crippen LogP contribution >= 0.6 is 0 Å². The monoisotopic (exact) mass is 1860 g/mol. The Hall–Kier alpha value is -15.5. The van der Waals surface area contributed by atoms with Crippen molar-refractivity contribution in [1.29, 1.82) is 0 Å². The van der Waals surface area contributed by atoms with E-state index in [1.54, 1.807) is 68.6 Å². The molecule has 3 amide bonds. The number of hydrogen-bond acceptors (Lipinski definition) is 27. The number of amides is 3. The van der Waals surface area contributed by atoms with E-state index >= 15 is 0 Å². The molecule has 14 aromatic rings. The number of H-pyrrole nitrogens is 6. The van der Waals surface area contributed by atoms with Crippen LogP contribution in [0.5, 0.6) is 5.75 Å². The van der Waals surface area contributed by atoms with Crippen LogP contribution in [0, 0.1) is 30.2 Å². The number of carbonyl (C=O) groups is 3. The van der Waals surface area contributed by atoms with Crippen molar-refractivity contribution < 1.29 is 33.9 Å². The molecule has 43 nitrogen and oxygen atoms in total. The average Bonchev–Trinajstić information content (AvgIpc) is 1.61. The third-order valence-corrected chi connectivity index (χ3v) is 21.2. The number of nitro benzene ring substituents is 1. The summed E-state index contributed by atoms with van der Waals surface area (Å²) in [7, 11) is 0. The number of non-ortho nitro benzene ring substituents is 1. The number of phenolic OH excluding ortho intramolecular Hbond substituents is 1. The van der Waals surface area contributed by atoms with Gasteiger partial charge in [0.15, 0.2) is 46.0 Å². The number of benzene rings is 3. The summed E-state index contributed by atoms with van der Waals surface area (Å²) in [4.78, 5) is 76.6. The number of nitro groups is 1. The number of unbranched alkanes of at least 4 members (excludes halogenated alkanes) is 2. The van der Waals surface area contributed by atoms with Gasteiger partial charge in [-0.25, -0.2) is 44.2 Å². The smallest absolute Gasteiger partial charge is 0.411 e. The van der Waals surface area contributed by atoms with Gasteiger partial charge in [-0.15, -0.1) is 61.3 Å². The summed E-state index contributed by atoms with van der Waals surface area (Å²) < 4.78 is 17.4. The number of phenols is 1. The average molecular weight is 1860 g/mol. The second-order valence-electron chi connectivity index (χ2n) is 39.0. The molecule has 0 aliphatic rings. The second-order valence-corrected chi connectivity index (χ2v) is 39.0. The van der Waals surface area contributed by atoms with Crippen molar-refractivity contribution in [2.75, 3.05) is 16.0 Å². The van der Waals surface area contributed by atoms with Crippen LogP contribution in [0.3, 0.4) is 0 Å². The number of anilines is 3. The van der Waals surface area contributed by atoms with E-state index in [9.17, 15) is 29.6 Å². The molecule has 0 saturated carbocycles. The van der Waals surface area contributed by atoms with E-state index in [4.69, 9.17) is 27.6 Å². The zero-order valence-corrected chi connectivity index (χ0v) is 81.9. The Labute approximate surface area is 786 Å². The van der Waals surface area contributed by atoms with Crippen LogP contribution < -0.4 is 16.0 Å². The number of aromatic amines is 6. The molecule has 43 heteroatoms. The van der Waals surface area contributed by atoms with Crippen molar-refractivity contribution in [2.45, 2.75) is 282 Å². The fourth-order valence-corrected chi connectivity index (χ4v) is 13.8. The minimum Gasteiger partial charge on any atom is -0.506 e. The molecule has 136 heavy (non-hydrogen) atoms. The van der Waals surface area contributed by atoms with Gasteiger partial charge in [0, 0.05) is 86.7 Å². The van der Waals surface area contributed by atoms with Crippen LogP contribution in [0.25, 0.3) is 55.1 Å². The van der Waals surface area contributed by atoms with Crippen LogP contribution in [-0.2, 0) is 46.8 Å². The maximum Gasteiger partial charge on any atom is 0.411 e. The van der Waals surface area contributed by atoms with Gasteiger partial charge in [0.05, 0.1) is 46.5 Å². The molecule has 14 rings (SSSR count). The zero-order valence-electron chi connectivity index (χ0n) is 81.9. The third-order valence-electron chi connectivity index (χ3n) is 21.2. The fourth-order valence-electron chi connectivity index (χ4n) is 13.8. The van der Waals surface area contributed by atoms with Gasteiger partial charge in [0.1, 0.15) is 29.5 Å². The molecule has 10 N–H and O–H groups in total. The third kappa shape index (κ3) is 24.5. The lowest BCUT2D eigenvalue weighted by atomic mass is 9.91. The van der Waals surface area contributed by atoms with Crippen molar-refractivity contribution in [3.63, 3.8) is 0 Å². The van der Waals surface area contributed by atoms with Gasteiger partial charge < -0.3 is 19.9 Å². The van der Waals surface area contributed by atoms with Gasteiger partial charge in [-0.2, -0.15) is 28.7 Å². The Morgan fingerprint density at radius 1 is 0.500 bits per heavy atom. The lowest BCUT2D eigenvalue weighted by Gasteiger charge is -2.16. The van der Waals surface area contributed by atoms with Gasteiger partial charge >= 0.3 is 12.2 Å². The van der Waals surface area contributed by atoms with Gasteiger partial charge in [-0.05, 0) is 110 Å². The van der Waals surface area contributed by atoms with Crippen LogP contribution in [0.1, 0.15) is 276 Å². The molecule has 0 aliphatic heterocycles. The van der Waals surface area contributed by atoms with Gasteiger partial charge in [0.2, 0.25) is 40.1 Å². The maximum absolute atomic E-state index is 12.4. The number of nitrogens with one attached hydrogen (secondary N) is 9. The summed E-state index contributed by atoms with van der Waals surface area (Å²) >= 11 is 0. The Morgan fingerprint density at radius 3 is 1.26 bits per heavy atom. The Bertz CT molecular complexity index is 6810. The quantitative estimate of drug-likeness (QED) is 0.0110. The molecule has 2 atom stereocenters. The summed E-state index contributed by atoms with van der Waals surface area (Å²) in [6, 6.07) is 21.3. The molecule has 3 aromatic carbocycles. The Morgan fingerprint density at radius 2 is 0.882 bits per heavy atom. The van der Waals surface area contributed by atoms with E-state index in [1.165, 1.54) is 23.7 Å². The Balaban J connectivity index is 0.000000178. The van der Waals surface area contributed by atoms with E-state index in [1.807, 2.05) is 109 Å². The van der Waals surface area contributed by atoms with Crippen LogP contribution in [-0.4, -0.2) is 145 Å². The maximum atomic E-state index is 12.4. The highest BCUT2D eigenvalue weighted by molar-refractivity contribution is 5.91. The van der Waals surface area contributed by atoms with E-state index in [0.717, 1.165) is 91.6 Å². The minimum atomic E-state index is -0.572. The molecule has 11 heterocycles. The molecule has 2 unspecified atom stereocenters. The van der Waals surface area contributed by atoms with E-state index in [-0.39, 0.29) is 79.9 Å². The van der Waals surface area contributed by atoms with E-state index in [2.05, 4.69) is 224 Å². The van der Waals surface area contributed by atoms with Crippen LogP contribution in [0.2, 0.25) is 0 Å². The van der Waals surface area contributed by atoms with Crippen LogP contribution in [0.4, 0.5) is 89.6 Å². The molecule has 0 fully saturated rings. The molecular weight excluding hydrogens is 1740 g/mol. The molecule has 0 bridgehead atoms. The number of aromatic hydroxyl groups is 1. The molecule has 0 radical (unpaired) electrons. The fraction of sp³-hybridized carbons (Fsp3) is 0.462. The topological polar surface area (TPSA) is 531 Å². The second kappa shape index (κ2) is 41.8. The molecule has 11 aromatic heterocycles. The predicted octanol–water partition coefficient (Wildman–Crippen LogP) is 25.0. The van der Waals surface area contributed by atoms with Gasteiger partial charge in [-0.1, -0.05) is 192 Å². The number of carbonyl (C=O) groups excluding carboxylic acids is 3. The highest BCUT2D eigenvalue weighted by atomic mass is 16.6. The number of azo groups is 4. The molecule has 0 saturated heterocycles. The lowest BCUT2D eigenvalue weighted by Crippen LogP contribution is -2.22. The highest BCUT2D eigenvalue weighted by Crippen LogP contribution is 2.45. The minimum absolute atomic E-state index is 0.0459. The number of nitrogens with zero attached hydrogens (tertiary/aromatic N) is 26. The summed E-state index contributed by atoms with van der Waals surface area (Å²) in [5.74, 6) is 2.86. The normalized spacial score (nSPS) is 12.8. The van der Waals surface area contributed by atoms with Crippen molar-refractivity contribution >= 4 is 121 Å². The number of fused-ring (bicyclic) bond motifs is 4. The highest BCUT2D eigenvalue weighted by Gasteiger charge is 2.34. The standard InChI is InChI=1S/C30H40N10O2.C28H34N8O5.C18H24N8O.C17H23N9/c1-10-12-13-20(11-2)42-28(41)32-19-16-14-18(15-17-19)25-33-27-22(24(30(6,7)8)38-40(27)39-25)34-36-26-21(31-9)23(35-37-26)29(3,4)5;1-6-8-9-20(7-2)41-27(38)29-18-12-10-17(11-13-18)25-30-26-23(24(28(3,4)5)33-35(26)34-25)32-31-21-16-19(36(39)40)14-15-22(21)37;1-10(2)15-21-17-13(14(18(4,5)6)24-26(17)25-15)22-23-16-12(20-11(3)27)8-7-9-19-16;1-9-19-15-11(13(17(5,6)7)25-26(15)24-9)20-22-14-10(18-8)12(21-23-14)16(2,3)4/h14-17,20,38H,10-13H2,1-8H3,(H,32,41)(H,35,37);10-16,20,33,37H,6-9H2,1-5H3,(H,29,38);7-10,24H,1-6H3,(H,20,27);25H,1-7H3,(H,21,23). The van der Waals surface area contributed by atoms with Crippen molar-refractivity contribution in [1.82, 2.24) is 105 Å². The van der Waals surface area contributed by atoms with E-state index in [0.29, 0.717) is 114 Å². The molecule has 0 aliphatic carbocycles. The molecule has 0 spiro atoms. The van der Waals surface area contributed by atoms with E-state index < -0.39 is 22.5 Å². The number of ether oxygens (including phenoxy) is 2. The van der Waals surface area contributed by atoms with Crippen molar-refractivity contribution in [3.05, 3.63) is 164 Å². The first-order valence-electron chi connectivity index (χ1n) is 44.9. The van der Waals surface area contributed by atoms with Crippen LogP contribution in [0.15, 0.2) is 126 Å². The summed E-state index contributed by atoms with van der Waals surface area (Å²) in [6.45, 7) is 67.3. The SMILES string of the molecule is CC(=O)Nc1cccnc1N=Nc1c(C(C)(C)C)[nH]n2nc(C(C)C)nc12.CCCCC(CC)OC(=O)Nc1ccc(-c2nc3c(N=Nc4cc([N+](=O)[O-])ccc4O)c(C(C)(C)C)[nH]n3n2)cc1.[C-]#[N+]c1c(N=Nc2c(C(C)(C)C)[nH]n3nc(-c4ccc(NC(=O)OC(CC)CCCC)cc4)nc23)n[nH]c1C(C)(C)C.[C-]#[N+]c1c(N=Nc2c(C(C)(C)C)[nH]n3nc(C)nc23)n[nH]c1C(C)(C)C. The van der Waals surface area contributed by atoms with Gasteiger partial charge in [-0.3, -0.25) is 56.1 Å². The number of pyridine rings is 1. The first-order valence-corrected chi connectivity index (χ1v) is 44.9. The number of rotatable bonds is 25. The summed E-state index contributed by atoms with van der Waals surface area (Å²) in [6.07, 6.45) is 7.82. The number of aryl methyl sites for hydroxylation is 1. The summed E-state index contributed by atoms with van der Waals surface area (Å²) in [5.41, 5.74) is 10.9. The molecule has 716 valence electrons. The molecular formula is C93H121N35O8. The predicted molar refractivity (Wildman–Crippen MR) is 518 cm³/mol. The van der Waals surface area contributed by atoms with Crippen molar-refractivity contribution in [3.8, 4) is 28.5 Å². The number of hydrogen-bond donors (Lipinski definition) is 10. The van der Waals surface area contributed by atoms with Crippen molar-refractivity contribution in [2.24, 2.45) is 40.9 Å². The zero-order chi connectivity index (χ0) is 99.4. The summed E-state index contributed by atoms with van der Waals surface area (Å²) in [5, 5.41) is 109. The van der Waals surface area contributed by atoms with Gasteiger partial charge in [0.25, 0.3) is 17.1 Å². The largest absolute Gasteiger partial charge is 0.506 e. The Kier molecular flexibility index (Phi) is 31.0. The lowest BCUT2D eigenvalue weighted by molar-refractivity contribution is -0.384.